The van der Waals surface area contributed by atoms with Gasteiger partial charge < -0.3 is 0 Å². The molecule has 1 aliphatic carbocycles. The van der Waals surface area contributed by atoms with E-state index in [0.29, 0.717) is 6.54 Å². The maximum Gasteiger partial charge on any atom is 0.257 e. The normalized spacial score (nSPS) is 25.9. The monoisotopic (exact) mass is 277 g/mol. The summed E-state index contributed by atoms with van der Waals surface area (Å²) in [4.78, 5) is 0. The quantitative estimate of drug-likeness (QED) is 0.819. The Kier molecular flexibility index (Phi) is 4.06. The largest absolute Gasteiger partial charge is 0.266 e. The molecule has 0 aromatic carbocycles. The molecule has 1 saturated carbocycles. The lowest BCUT2D eigenvalue weighted by Crippen LogP contribution is -2.34. The average Bonchev–Trinajstić information content (AvgIpc) is 2.82. The van der Waals surface area contributed by atoms with Gasteiger partial charge in [-0.3, -0.25) is 5.10 Å². The lowest BCUT2D eigenvalue weighted by molar-refractivity contribution is 0.364. The highest BCUT2D eigenvalue weighted by Gasteiger charge is 2.25. The number of sulfonamides is 1. The van der Waals surface area contributed by atoms with Gasteiger partial charge in [0.2, 0.25) is 0 Å². The first-order chi connectivity index (χ1) is 8.09. The molecule has 96 valence electrons. The third kappa shape index (κ3) is 3.20. The summed E-state index contributed by atoms with van der Waals surface area (Å²) in [5.41, 5.74) is 0. The van der Waals surface area contributed by atoms with Crippen molar-refractivity contribution >= 4 is 21.6 Å². The van der Waals surface area contributed by atoms with Gasteiger partial charge in [-0.05, 0) is 24.8 Å². The Bertz CT molecular complexity index is 446. The fraction of sp³-hybridized carbons (Fsp3) is 0.700. The van der Waals surface area contributed by atoms with E-state index in [4.69, 9.17) is 11.6 Å². The predicted octanol–water partition coefficient (Wildman–Crippen LogP) is 1.49. The molecule has 0 radical (unpaired) electrons. The fourth-order valence-electron chi connectivity index (χ4n) is 2.08. The number of nitrogens with one attached hydrogen (secondary N) is 2. The molecule has 0 aliphatic heterocycles. The number of nitrogens with zero attached hydrogens (tertiary/aromatic N) is 1. The lowest BCUT2D eigenvalue weighted by Gasteiger charge is -2.26. The Morgan fingerprint density at radius 2 is 2.24 bits per heavy atom. The standard InChI is InChI=1S/C10H16ClN3O2S/c11-9-4-2-1-3-8(9)7-13-17(15,16)10-5-6-12-14-10/h5-6,8-9,13H,1-4,7H2,(H,12,14). The van der Waals surface area contributed by atoms with E-state index in [1.54, 1.807) is 0 Å². The van der Waals surface area contributed by atoms with Crippen molar-refractivity contribution in [2.75, 3.05) is 6.54 Å². The van der Waals surface area contributed by atoms with E-state index in [9.17, 15) is 8.42 Å². The molecule has 0 amide bonds. The third-order valence-electron chi connectivity index (χ3n) is 3.12. The van der Waals surface area contributed by atoms with Crippen molar-refractivity contribution in [1.82, 2.24) is 14.9 Å². The number of hydrogen-bond acceptors (Lipinski definition) is 3. The van der Waals surface area contributed by atoms with Gasteiger partial charge in [0, 0.05) is 11.9 Å². The van der Waals surface area contributed by atoms with E-state index >= 15 is 0 Å². The summed E-state index contributed by atoms with van der Waals surface area (Å²) in [6.45, 7) is 0.398. The van der Waals surface area contributed by atoms with Crippen LogP contribution in [0.25, 0.3) is 0 Å². The van der Waals surface area contributed by atoms with Crippen LogP contribution in [0.1, 0.15) is 25.7 Å². The Morgan fingerprint density at radius 1 is 1.47 bits per heavy atom. The molecule has 2 rings (SSSR count). The molecular formula is C10H16ClN3O2S. The van der Waals surface area contributed by atoms with Gasteiger partial charge >= 0.3 is 0 Å². The zero-order valence-electron chi connectivity index (χ0n) is 9.39. The van der Waals surface area contributed by atoms with Crippen LogP contribution in [0.15, 0.2) is 17.3 Å². The Labute approximate surface area is 106 Å². The first-order valence-corrected chi connectivity index (χ1v) is 7.64. The first kappa shape index (κ1) is 12.9. The van der Waals surface area contributed by atoms with Gasteiger partial charge in [0.1, 0.15) is 0 Å². The van der Waals surface area contributed by atoms with Crippen LogP contribution in [0.5, 0.6) is 0 Å². The Hall–Kier alpha value is -0.590. The molecule has 2 N–H and O–H groups in total. The zero-order valence-corrected chi connectivity index (χ0v) is 11.0. The van der Waals surface area contributed by atoms with Crippen molar-refractivity contribution in [3.8, 4) is 0 Å². The van der Waals surface area contributed by atoms with E-state index in [-0.39, 0.29) is 16.3 Å². The summed E-state index contributed by atoms with van der Waals surface area (Å²) in [5, 5.41) is 6.24. The number of H-pyrrole nitrogens is 1. The smallest absolute Gasteiger partial charge is 0.257 e. The molecule has 1 aliphatic rings. The van der Waals surface area contributed by atoms with Crippen molar-refractivity contribution in [1.29, 1.82) is 0 Å². The SMILES string of the molecule is O=S(=O)(NCC1CCCCC1Cl)c1ccn[nH]1. The van der Waals surface area contributed by atoms with Gasteiger partial charge in [-0.1, -0.05) is 12.8 Å². The minimum Gasteiger partial charge on any atom is -0.266 e. The second kappa shape index (κ2) is 5.37. The topological polar surface area (TPSA) is 74.8 Å². The van der Waals surface area contributed by atoms with Crippen LogP contribution >= 0.6 is 11.6 Å². The molecule has 1 aromatic rings. The van der Waals surface area contributed by atoms with Crippen LogP contribution in [-0.4, -0.2) is 30.5 Å². The van der Waals surface area contributed by atoms with E-state index in [2.05, 4.69) is 14.9 Å². The van der Waals surface area contributed by atoms with Gasteiger partial charge in [0.05, 0.1) is 6.20 Å². The van der Waals surface area contributed by atoms with Crippen molar-refractivity contribution in [2.24, 2.45) is 5.92 Å². The molecule has 1 heterocycles. The highest BCUT2D eigenvalue weighted by molar-refractivity contribution is 7.89. The van der Waals surface area contributed by atoms with Gasteiger partial charge in [0.15, 0.2) is 5.03 Å². The van der Waals surface area contributed by atoms with Crippen LogP contribution < -0.4 is 4.72 Å². The van der Waals surface area contributed by atoms with Crippen LogP contribution in [0.3, 0.4) is 0 Å². The van der Waals surface area contributed by atoms with Crippen molar-refractivity contribution in [3.63, 3.8) is 0 Å². The molecular weight excluding hydrogens is 262 g/mol. The van der Waals surface area contributed by atoms with Gasteiger partial charge in [-0.15, -0.1) is 11.6 Å². The van der Waals surface area contributed by atoms with Gasteiger partial charge in [-0.2, -0.15) is 5.10 Å². The van der Waals surface area contributed by atoms with Crippen LogP contribution in [0, 0.1) is 5.92 Å². The molecule has 1 fully saturated rings. The van der Waals surface area contributed by atoms with Crippen molar-refractivity contribution in [2.45, 2.75) is 36.1 Å². The molecule has 5 nitrogen and oxygen atoms in total. The number of halogens is 1. The summed E-state index contributed by atoms with van der Waals surface area (Å²) >= 11 is 6.18. The second-order valence-corrected chi connectivity index (χ2v) is 6.63. The van der Waals surface area contributed by atoms with E-state index in [0.717, 1.165) is 25.7 Å². The lowest BCUT2D eigenvalue weighted by atomic mass is 9.89. The van der Waals surface area contributed by atoms with Crippen molar-refractivity contribution in [3.05, 3.63) is 12.3 Å². The molecule has 17 heavy (non-hydrogen) atoms. The summed E-state index contributed by atoms with van der Waals surface area (Å²) < 4.78 is 26.2. The highest BCUT2D eigenvalue weighted by atomic mass is 35.5. The van der Waals surface area contributed by atoms with Crippen LogP contribution in [0.4, 0.5) is 0 Å². The molecule has 0 saturated heterocycles. The first-order valence-electron chi connectivity index (χ1n) is 5.73. The predicted molar refractivity (Wildman–Crippen MR) is 65.4 cm³/mol. The molecule has 0 spiro atoms. The summed E-state index contributed by atoms with van der Waals surface area (Å²) in [7, 11) is -3.47. The molecule has 1 aromatic heterocycles. The number of hydrogen-bond donors (Lipinski definition) is 2. The Balaban J connectivity index is 1.93. The maximum atomic E-state index is 11.8. The van der Waals surface area contributed by atoms with Crippen LogP contribution in [-0.2, 0) is 10.0 Å². The fourth-order valence-corrected chi connectivity index (χ4v) is 3.45. The average molecular weight is 278 g/mol. The number of rotatable bonds is 4. The zero-order chi connectivity index (χ0) is 12.3. The Morgan fingerprint density at radius 3 is 2.88 bits per heavy atom. The summed E-state index contributed by atoms with van der Waals surface area (Å²) in [6.07, 6.45) is 5.63. The molecule has 2 unspecified atom stereocenters. The molecule has 2 atom stereocenters. The van der Waals surface area contributed by atoms with Gasteiger partial charge in [0.25, 0.3) is 10.0 Å². The highest BCUT2D eigenvalue weighted by Crippen LogP contribution is 2.28. The summed E-state index contributed by atoms with van der Waals surface area (Å²) in [5.74, 6) is 0.225. The number of aromatic amines is 1. The number of aromatic nitrogens is 2. The van der Waals surface area contributed by atoms with E-state index in [1.165, 1.54) is 12.3 Å². The molecule has 7 heteroatoms. The summed E-state index contributed by atoms with van der Waals surface area (Å²) in [6, 6.07) is 1.43. The third-order valence-corrected chi connectivity index (χ3v) is 5.04. The van der Waals surface area contributed by atoms with Crippen molar-refractivity contribution < 1.29 is 8.42 Å². The second-order valence-electron chi connectivity index (χ2n) is 4.33. The van der Waals surface area contributed by atoms with E-state index < -0.39 is 10.0 Å². The molecule has 0 bridgehead atoms. The number of alkyl halides is 1. The van der Waals surface area contributed by atoms with Crippen LogP contribution in [0.2, 0.25) is 0 Å². The van der Waals surface area contributed by atoms with Gasteiger partial charge in [-0.25, -0.2) is 13.1 Å². The maximum absolute atomic E-state index is 11.8. The minimum atomic E-state index is -3.47. The van der Waals surface area contributed by atoms with E-state index in [1.807, 2.05) is 0 Å². The minimum absolute atomic E-state index is 0.0771.